The van der Waals surface area contributed by atoms with Gasteiger partial charge in [-0.1, -0.05) is 0 Å². The molecule has 1 aliphatic rings. The molecule has 1 fully saturated rings. The highest BCUT2D eigenvalue weighted by Gasteiger charge is 2.18. The van der Waals surface area contributed by atoms with Crippen molar-refractivity contribution < 1.29 is 4.42 Å². The number of piperazine rings is 1. The van der Waals surface area contributed by atoms with E-state index >= 15 is 0 Å². The van der Waals surface area contributed by atoms with Crippen molar-refractivity contribution in [1.29, 1.82) is 0 Å². The van der Waals surface area contributed by atoms with Crippen molar-refractivity contribution in [3.8, 4) is 0 Å². The second-order valence-corrected chi connectivity index (χ2v) is 3.99. The zero-order chi connectivity index (χ0) is 10.3. The van der Waals surface area contributed by atoms with Crippen LogP contribution in [0.3, 0.4) is 0 Å². The van der Waals surface area contributed by atoms with Crippen LogP contribution in [-0.2, 0) is 0 Å². The lowest BCUT2D eigenvalue weighted by molar-refractivity contribution is 0.416. The highest BCUT2D eigenvalue weighted by molar-refractivity contribution is 5.75. The third-order valence-electron chi connectivity index (χ3n) is 2.78. The maximum atomic E-state index is 5.55. The van der Waals surface area contributed by atoms with Crippen LogP contribution in [0.2, 0.25) is 0 Å². The van der Waals surface area contributed by atoms with Crippen molar-refractivity contribution in [3.63, 3.8) is 0 Å². The molecule has 3 heterocycles. The molecule has 1 saturated heterocycles. The average Bonchev–Trinajstić information content (AvgIpc) is 2.76. The van der Waals surface area contributed by atoms with Crippen LogP contribution in [0.1, 0.15) is 17.5 Å². The van der Waals surface area contributed by atoms with Crippen molar-refractivity contribution in [1.82, 2.24) is 15.6 Å². The smallest absolute Gasteiger partial charge is 0.152 e. The third kappa shape index (κ3) is 1.56. The van der Waals surface area contributed by atoms with Gasteiger partial charge >= 0.3 is 0 Å². The number of hydrogen-bond donors (Lipinski definition) is 2. The van der Waals surface area contributed by atoms with Gasteiger partial charge in [0.05, 0.1) is 11.6 Å². The van der Waals surface area contributed by atoms with Gasteiger partial charge in [0.15, 0.2) is 5.58 Å². The minimum absolute atomic E-state index is 0.252. The van der Waals surface area contributed by atoms with Crippen molar-refractivity contribution in [2.45, 2.75) is 13.0 Å². The molecule has 15 heavy (non-hydrogen) atoms. The first-order chi connectivity index (χ1) is 7.33. The summed E-state index contributed by atoms with van der Waals surface area (Å²) in [4.78, 5) is 3.36. The molecule has 1 unspecified atom stereocenters. The number of nitrogens with zero attached hydrogens (tertiary/aromatic N) is 1. The highest BCUT2D eigenvalue weighted by atomic mass is 16.3. The summed E-state index contributed by atoms with van der Waals surface area (Å²) in [6.45, 7) is 4.76. The second-order valence-electron chi connectivity index (χ2n) is 3.99. The fraction of sp³-hybridized carbons (Fsp3) is 0.455. The molecule has 0 bridgehead atoms. The van der Waals surface area contributed by atoms with Gasteiger partial charge in [0.2, 0.25) is 0 Å². The SMILES string of the molecule is Cc1cc2[nH]c(C3CNCC[N]3)cc2o1. The predicted molar refractivity (Wildman–Crippen MR) is 57.9 cm³/mol. The number of furan rings is 1. The van der Waals surface area contributed by atoms with E-state index in [9.17, 15) is 0 Å². The Morgan fingerprint density at radius 2 is 2.40 bits per heavy atom. The van der Waals surface area contributed by atoms with E-state index < -0.39 is 0 Å². The molecule has 0 aliphatic carbocycles. The molecule has 0 amide bonds. The van der Waals surface area contributed by atoms with Crippen LogP contribution in [-0.4, -0.2) is 24.6 Å². The Balaban J connectivity index is 1.93. The fourth-order valence-corrected chi connectivity index (χ4v) is 2.06. The first-order valence-electron chi connectivity index (χ1n) is 5.29. The summed E-state index contributed by atoms with van der Waals surface area (Å²) in [7, 11) is 0. The van der Waals surface area contributed by atoms with Gasteiger partial charge < -0.3 is 14.7 Å². The molecule has 2 aromatic heterocycles. The first kappa shape index (κ1) is 9.00. The van der Waals surface area contributed by atoms with E-state index in [0.717, 1.165) is 42.2 Å². The van der Waals surface area contributed by atoms with Gasteiger partial charge in [0.25, 0.3) is 0 Å². The summed E-state index contributed by atoms with van der Waals surface area (Å²) in [5.41, 5.74) is 3.16. The Bertz CT molecular complexity index is 434. The van der Waals surface area contributed by atoms with Gasteiger partial charge in [-0.3, -0.25) is 0 Å². The monoisotopic (exact) mass is 204 g/mol. The number of hydrogen-bond acceptors (Lipinski definition) is 2. The van der Waals surface area contributed by atoms with Gasteiger partial charge in [0, 0.05) is 37.5 Å². The van der Waals surface area contributed by atoms with Gasteiger partial charge in [-0.05, 0) is 6.92 Å². The summed E-state index contributed by atoms with van der Waals surface area (Å²) in [6, 6.07) is 4.33. The van der Waals surface area contributed by atoms with Gasteiger partial charge in [-0.25, -0.2) is 5.32 Å². The van der Waals surface area contributed by atoms with Crippen LogP contribution < -0.4 is 10.6 Å². The third-order valence-corrected chi connectivity index (χ3v) is 2.78. The van der Waals surface area contributed by atoms with E-state index in [1.165, 1.54) is 0 Å². The number of nitrogens with one attached hydrogen (secondary N) is 2. The molecule has 2 N–H and O–H groups in total. The van der Waals surface area contributed by atoms with Gasteiger partial charge in [-0.2, -0.15) is 0 Å². The van der Waals surface area contributed by atoms with Gasteiger partial charge in [-0.15, -0.1) is 0 Å². The summed E-state index contributed by atoms with van der Waals surface area (Å²) < 4.78 is 5.55. The van der Waals surface area contributed by atoms with Crippen LogP contribution in [0, 0.1) is 6.92 Å². The van der Waals surface area contributed by atoms with E-state index in [2.05, 4.69) is 21.7 Å². The molecule has 0 saturated carbocycles. The van der Waals surface area contributed by atoms with Crippen molar-refractivity contribution in [2.24, 2.45) is 0 Å². The Morgan fingerprint density at radius 1 is 1.47 bits per heavy atom. The Labute approximate surface area is 88.0 Å². The summed E-state index contributed by atoms with van der Waals surface area (Å²) in [5.74, 6) is 0.946. The minimum Gasteiger partial charge on any atom is -0.460 e. The maximum Gasteiger partial charge on any atom is 0.152 e. The van der Waals surface area contributed by atoms with E-state index in [-0.39, 0.29) is 6.04 Å². The lowest BCUT2D eigenvalue weighted by atomic mass is 10.2. The molecule has 1 aliphatic heterocycles. The normalized spacial score (nSPS) is 22.3. The molecular weight excluding hydrogens is 190 g/mol. The Hall–Kier alpha value is -1.26. The van der Waals surface area contributed by atoms with Crippen LogP contribution in [0.4, 0.5) is 0 Å². The zero-order valence-electron chi connectivity index (χ0n) is 8.71. The second kappa shape index (κ2) is 3.40. The van der Waals surface area contributed by atoms with Crippen LogP contribution in [0.15, 0.2) is 16.5 Å². The minimum atomic E-state index is 0.252. The van der Waals surface area contributed by atoms with E-state index in [1.807, 2.05) is 13.0 Å². The maximum absolute atomic E-state index is 5.55. The molecule has 1 atom stereocenters. The summed E-state index contributed by atoms with van der Waals surface area (Å²) in [6.07, 6.45) is 0. The molecule has 3 rings (SSSR count). The number of aromatic amines is 1. The van der Waals surface area contributed by atoms with Crippen LogP contribution >= 0.6 is 0 Å². The number of fused-ring (bicyclic) bond motifs is 1. The number of aromatic nitrogens is 1. The highest BCUT2D eigenvalue weighted by Crippen LogP contribution is 2.23. The first-order valence-corrected chi connectivity index (χ1v) is 5.29. The van der Waals surface area contributed by atoms with Crippen LogP contribution in [0.5, 0.6) is 0 Å². The molecule has 4 heteroatoms. The van der Waals surface area contributed by atoms with E-state index in [4.69, 9.17) is 4.42 Å². The topological polar surface area (TPSA) is 55.1 Å². The largest absolute Gasteiger partial charge is 0.460 e. The standard InChI is InChI=1S/C11H14N3O/c1-7-4-9-11(15-7)5-8(14-9)10-6-12-2-3-13-10/h4-5,10,12,14H,2-3,6H2,1H3. The van der Waals surface area contributed by atoms with E-state index in [0.29, 0.717) is 0 Å². The lowest BCUT2D eigenvalue weighted by Gasteiger charge is -2.21. The lowest BCUT2D eigenvalue weighted by Crippen LogP contribution is -2.38. The number of aryl methyl sites for hydroxylation is 1. The molecular formula is C11H14N3O. The summed E-state index contributed by atoms with van der Waals surface area (Å²) >= 11 is 0. The van der Waals surface area contributed by atoms with Crippen molar-refractivity contribution in [3.05, 3.63) is 23.6 Å². The number of H-pyrrole nitrogens is 1. The predicted octanol–water partition coefficient (Wildman–Crippen LogP) is 1.32. The van der Waals surface area contributed by atoms with E-state index in [1.54, 1.807) is 0 Å². The quantitative estimate of drug-likeness (QED) is 0.736. The zero-order valence-corrected chi connectivity index (χ0v) is 8.71. The fourth-order valence-electron chi connectivity index (χ4n) is 2.06. The Morgan fingerprint density at radius 3 is 3.13 bits per heavy atom. The van der Waals surface area contributed by atoms with Crippen LogP contribution in [0.25, 0.3) is 11.1 Å². The molecule has 0 spiro atoms. The molecule has 1 radical (unpaired) electrons. The Kier molecular flexibility index (Phi) is 2.04. The van der Waals surface area contributed by atoms with Crippen molar-refractivity contribution in [2.75, 3.05) is 19.6 Å². The molecule has 79 valence electrons. The molecule has 4 nitrogen and oxygen atoms in total. The van der Waals surface area contributed by atoms with Crippen molar-refractivity contribution >= 4 is 11.1 Å². The summed E-state index contributed by atoms with van der Waals surface area (Å²) in [5, 5.41) is 7.90. The average molecular weight is 204 g/mol. The van der Waals surface area contributed by atoms with Gasteiger partial charge in [0.1, 0.15) is 5.76 Å². The number of rotatable bonds is 1. The molecule has 2 aromatic rings. The molecule has 0 aromatic carbocycles.